The van der Waals surface area contributed by atoms with E-state index in [1.807, 2.05) is 31.7 Å². The van der Waals surface area contributed by atoms with Crippen molar-refractivity contribution in [2.24, 2.45) is 5.92 Å². The molecule has 0 saturated carbocycles. The molecule has 0 saturated heterocycles. The molecule has 0 fully saturated rings. The van der Waals surface area contributed by atoms with Crippen LogP contribution in [0.4, 0.5) is 24.9 Å². The topological polar surface area (TPSA) is 70.5 Å². The minimum Gasteiger partial charge on any atom is -0.406 e. The number of fused-ring (bicyclic) bond motifs is 1. The number of benzene rings is 1. The Kier molecular flexibility index (Phi) is 6.70. The largest absolute Gasteiger partial charge is 0.573 e. The summed E-state index contributed by atoms with van der Waals surface area (Å²) in [7, 11) is 0. The van der Waals surface area contributed by atoms with Crippen LogP contribution in [-0.4, -0.2) is 40.6 Å². The maximum absolute atomic E-state index is 12.6. The van der Waals surface area contributed by atoms with Crippen LogP contribution in [0, 0.1) is 5.92 Å². The van der Waals surface area contributed by atoms with Crippen LogP contribution in [0.25, 0.3) is 0 Å². The van der Waals surface area contributed by atoms with Crippen molar-refractivity contribution in [3.8, 4) is 5.75 Å². The Morgan fingerprint density at radius 1 is 1.20 bits per heavy atom. The molecule has 0 unspecified atom stereocenters. The molecule has 30 heavy (non-hydrogen) atoms. The molecule has 1 aliphatic heterocycles. The molecule has 2 aromatic rings. The number of hydrogen-bond acceptors (Lipinski definition) is 6. The van der Waals surface area contributed by atoms with E-state index in [0.717, 1.165) is 16.8 Å². The summed E-state index contributed by atoms with van der Waals surface area (Å²) < 4.78 is 41.7. The molecule has 1 aromatic heterocycles. The van der Waals surface area contributed by atoms with Gasteiger partial charge in [0.2, 0.25) is 5.95 Å². The number of ether oxygens (including phenoxy) is 1. The molecule has 1 aromatic carbocycles. The quantitative estimate of drug-likeness (QED) is 0.702. The number of anilines is 2. The highest BCUT2D eigenvalue weighted by molar-refractivity contribution is 5.49. The SMILES string of the molecule is CCc1cc(N2CCc3ccc(OC(F)(F)F)cc3C2)nc(N[C@H](CO)C(C)C)n1. The normalized spacial score (nSPS) is 15.1. The third kappa shape index (κ3) is 5.53. The zero-order valence-corrected chi connectivity index (χ0v) is 17.3. The second kappa shape index (κ2) is 9.07. The summed E-state index contributed by atoms with van der Waals surface area (Å²) in [5, 5.41) is 12.8. The molecule has 1 atom stereocenters. The summed E-state index contributed by atoms with van der Waals surface area (Å²) in [6, 6.07) is 6.21. The second-order valence-corrected chi connectivity index (χ2v) is 7.72. The lowest BCUT2D eigenvalue weighted by atomic mass is 9.99. The van der Waals surface area contributed by atoms with Crippen molar-refractivity contribution in [2.45, 2.75) is 52.6 Å². The molecule has 9 heteroatoms. The van der Waals surface area contributed by atoms with E-state index in [2.05, 4.69) is 20.0 Å². The average Bonchev–Trinajstić information content (AvgIpc) is 2.69. The minimum atomic E-state index is -4.72. The first-order valence-corrected chi connectivity index (χ1v) is 10.1. The lowest BCUT2D eigenvalue weighted by Crippen LogP contribution is -2.33. The predicted molar refractivity (Wildman–Crippen MR) is 109 cm³/mol. The monoisotopic (exact) mass is 424 g/mol. The van der Waals surface area contributed by atoms with Crippen LogP contribution in [0.15, 0.2) is 24.3 Å². The standard InChI is InChI=1S/C21H27F3N4O2/c1-4-16-10-19(27-20(25-16)26-18(12-29)13(2)3)28-8-7-14-5-6-17(9-15(14)11-28)30-21(22,23)24/h5-6,9-10,13,18,29H,4,7-8,11-12H2,1-3H3,(H,25,26,27)/t18-/m1/s1. The van der Waals surface area contributed by atoms with Gasteiger partial charge in [0.1, 0.15) is 11.6 Å². The molecule has 164 valence electrons. The minimum absolute atomic E-state index is 0.0359. The molecule has 0 spiro atoms. The zero-order chi connectivity index (χ0) is 21.9. The number of aliphatic hydroxyl groups is 1. The maximum atomic E-state index is 12.6. The molecule has 1 aliphatic rings. The van der Waals surface area contributed by atoms with E-state index in [-0.39, 0.29) is 24.3 Å². The first-order valence-electron chi connectivity index (χ1n) is 10.1. The summed E-state index contributed by atoms with van der Waals surface area (Å²) in [5.41, 5.74) is 2.64. The summed E-state index contributed by atoms with van der Waals surface area (Å²) in [6.07, 6.45) is -3.31. The first-order chi connectivity index (χ1) is 14.2. The number of rotatable bonds is 7. The van der Waals surface area contributed by atoms with Gasteiger partial charge in [-0.25, -0.2) is 4.98 Å². The number of aromatic nitrogens is 2. The highest BCUT2D eigenvalue weighted by atomic mass is 19.4. The Balaban J connectivity index is 1.84. The molecule has 0 radical (unpaired) electrons. The molecular formula is C21H27F3N4O2. The van der Waals surface area contributed by atoms with Crippen LogP contribution in [0.5, 0.6) is 5.75 Å². The van der Waals surface area contributed by atoms with E-state index in [1.54, 1.807) is 6.07 Å². The predicted octanol–water partition coefficient (Wildman–Crippen LogP) is 3.93. The van der Waals surface area contributed by atoms with Crippen LogP contribution in [0.3, 0.4) is 0 Å². The Bertz CT molecular complexity index is 874. The average molecular weight is 424 g/mol. The van der Waals surface area contributed by atoms with Crippen molar-refractivity contribution in [2.75, 3.05) is 23.4 Å². The molecule has 0 amide bonds. The van der Waals surface area contributed by atoms with Crippen LogP contribution >= 0.6 is 0 Å². The van der Waals surface area contributed by atoms with Crippen molar-refractivity contribution in [3.05, 3.63) is 41.1 Å². The summed E-state index contributed by atoms with van der Waals surface area (Å²) in [5.74, 6) is 1.13. The van der Waals surface area contributed by atoms with E-state index < -0.39 is 6.36 Å². The Morgan fingerprint density at radius 3 is 2.60 bits per heavy atom. The fraction of sp³-hybridized carbons (Fsp3) is 0.524. The van der Waals surface area contributed by atoms with Gasteiger partial charge in [0.05, 0.1) is 12.6 Å². The van der Waals surface area contributed by atoms with Crippen molar-refractivity contribution in [3.63, 3.8) is 0 Å². The van der Waals surface area contributed by atoms with Gasteiger partial charge in [-0.05, 0) is 42.0 Å². The number of alkyl halides is 3. The van der Waals surface area contributed by atoms with Crippen LogP contribution < -0.4 is 15.0 Å². The highest BCUT2D eigenvalue weighted by Crippen LogP contribution is 2.30. The number of halogens is 3. The number of hydrogen-bond donors (Lipinski definition) is 2. The Labute approximate surface area is 174 Å². The second-order valence-electron chi connectivity index (χ2n) is 7.72. The molecule has 0 bridgehead atoms. The Morgan fingerprint density at radius 2 is 1.97 bits per heavy atom. The number of aryl methyl sites for hydroxylation is 1. The first kappa shape index (κ1) is 22.1. The molecular weight excluding hydrogens is 397 g/mol. The van der Waals surface area contributed by atoms with E-state index >= 15 is 0 Å². The Hall–Kier alpha value is -2.55. The summed E-state index contributed by atoms with van der Waals surface area (Å²) in [4.78, 5) is 11.1. The fourth-order valence-corrected chi connectivity index (χ4v) is 3.41. The fourth-order valence-electron chi connectivity index (χ4n) is 3.41. The van der Waals surface area contributed by atoms with E-state index in [1.165, 1.54) is 12.1 Å². The van der Waals surface area contributed by atoms with Gasteiger partial charge in [-0.1, -0.05) is 26.8 Å². The van der Waals surface area contributed by atoms with Crippen LogP contribution in [0.2, 0.25) is 0 Å². The van der Waals surface area contributed by atoms with Crippen molar-refractivity contribution in [1.29, 1.82) is 0 Å². The van der Waals surface area contributed by atoms with Gasteiger partial charge in [-0.15, -0.1) is 13.2 Å². The number of aliphatic hydroxyl groups excluding tert-OH is 1. The van der Waals surface area contributed by atoms with Gasteiger partial charge in [-0.2, -0.15) is 4.98 Å². The van der Waals surface area contributed by atoms with Gasteiger partial charge in [-0.3, -0.25) is 0 Å². The maximum Gasteiger partial charge on any atom is 0.573 e. The number of nitrogens with zero attached hydrogens (tertiary/aromatic N) is 3. The van der Waals surface area contributed by atoms with E-state index in [0.29, 0.717) is 37.7 Å². The van der Waals surface area contributed by atoms with E-state index in [4.69, 9.17) is 0 Å². The molecule has 6 nitrogen and oxygen atoms in total. The van der Waals surface area contributed by atoms with Gasteiger partial charge in [0.25, 0.3) is 0 Å². The van der Waals surface area contributed by atoms with E-state index in [9.17, 15) is 18.3 Å². The zero-order valence-electron chi connectivity index (χ0n) is 17.3. The smallest absolute Gasteiger partial charge is 0.406 e. The molecule has 3 rings (SSSR count). The summed E-state index contributed by atoms with van der Waals surface area (Å²) >= 11 is 0. The third-order valence-corrected chi connectivity index (χ3v) is 5.19. The third-order valence-electron chi connectivity index (χ3n) is 5.19. The molecule has 0 aliphatic carbocycles. The van der Waals surface area contributed by atoms with Crippen molar-refractivity contribution >= 4 is 11.8 Å². The lowest BCUT2D eigenvalue weighted by Gasteiger charge is -2.31. The van der Waals surface area contributed by atoms with Crippen molar-refractivity contribution in [1.82, 2.24) is 9.97 Å². The molecule has 2 heterocycles. The van der Waals surface area contributed by atoms with Gasteiger partial charge < -0.3 is 20.1 Å². The van der Waals surface area contributed by atoms with Gasteiger partial charge in [0, 0.05) is 24.8 Å². The summed E-state index contributed by atoms with van der Waals surface area (Å²) in [6.45, 7) is 7.08. The van der Waals surface area contributed by atoms with Gasteiger partial charge in [0.15, 0.2) is 0 Å². The van der Waals surface area contributed by atoms with Crippen LogP contribution in [0.1, 0.15) is 37.6 Å². The molecule has 2 N–H and O–H groups in total. The van der Waals surface area contributed by atoms with Crippen LogP contribution in [-0.2, 0) is 19.4 Å². The highest BCUT2D eigenvalue weighted by Gasteiger charge is 2.31. The lowest BCUT2D eigenvalue weighted by molar-refractivity contribution is -0.274. The van der Waals surface area contributed by atoms with Gasteiger partial charge >= 0.3 is 6.36 Å². The number of nitrogens with one attached hydrogen (secondary N) is 1. The van der Waals surface area contributed by atoms with Crippen molar-refractivity contribution < 1.29 is 23.0 Å².